The number of unbranched alkanes of at least 4 members (excludes halogenated alkanes) is 1. The number of aryl methyl sites for hydroxylation is 2. The highest BCUT2D eigenvalue weighted by atomic mass is 16.5. The lowest BCUT2D eigenvalue weighted by molar-refractivity contribution is 0.274. The van der Waals surface area contributed by atoms with E-state index in [0.29, 0.717) is 0 Å². The maximum Gasteiger partial charge on any atom is 0.164 e. The van der Waals surface area contributed by atoms with Gasteiger partial charge in [0.05, 0.1) is 13.7 Å². The Morgan fingerprint density at radius 3 is 2.38 bits per heavy atom. The third kappa shape index (κ3) is 5.89. The summed E-state index contributed by atoms with van der Waals surface area (Å²) in [5.41, 5.74) is 2.56. The molecule has 0 bridgehead atoms. The summed E-state index contributed by atoms with van der Waals surface area (Å²) in [6.45, 7) is 1.82. The van der Waals surface area contributed by atoms with Gasteiger partial charge < -0.3 is 14.4 Å². The van der Waals surface area contributed by atoms with E-state index >= 15 is 0 Å². The van der Waals surface area contributed by atoms with Gasteiger partial charge in [-0.25, -0.2) is 0 Å². The summed E-state index contributed by atoms with van der Waals surface area (Å²) in [5, 5.41) is 0. The zero-order valence-electron chi connectivity index (χ0n) is 15.1. The van der Waals surface area contributed by atoms with Crippen LogP contribution in [0.1, 0.15) is 24.0 Å². The molecule has 0 heterocycles. The Bertz CT molecular complexity index is 596. The molecule has 3 nitrogen and oxygen atoms in total. The van der Waals surface area contributed by atoms with Crippen molar-refractivity contribution in [3.05, 3.63) is 59.7 Å². The summed E-state index contributed by atoms with van der Waals surface area (Å²) in [6, 6.07) is 16.7. The Morgan fingerprint density at radius 1 is 0.875 bits per heavy atom. The molecule has 130 valence electrons. The number of ether oxygens (including phenoxy) is 2. The summed E-state index contributed by atoms with van der Waals surface area (Å²) in [7, 11) is 5.90. The SMILES string of the molecule is COc1cccc(CCc2ccccc2)c1OCCCCN(C)C. The fourth-order valence-electron chi connectivity index (χ4n) is 2.71. The molecule has 24 heavy (non-hydrogen) atoms. The van der Waals surface area contributed by atoms with Crippen LogP contribution in [0.5, 0.6) is 11.5 Å². The molecule has 0 N–H and O–H groups in total. The fourth-order valence-corrected chi connectivity index (χ4v) is 2.71. The molecule has 0 saturated heterocycles. The molecular formula is C21H29NO2. The van der Waals surface area contributed by atoms with Crippen LogP contribution < -0.4 is 9.47 Å². The Morgan fingerprint density at radius 2 is 1.67 bits per heavy atom. The van der Waals surface area contributed by atoms with Gasteiger partial charge in [0, 0.05) is 0 Å². The quantitative estimate of drug-likeness (QED) is 0.610. The van der Waals surface area contributed by atoms with E-state index in [4.69, 9.17) is 9.47 Å². The molecule has 0 aliphatic heterocycles. The van der Waals surface area contributed by atoms with Gasteiger partial charge in [-0.05, 0) is 63.5 Å². The van der Waals surface area contributed by atoms with E-state index in [2.05, 4.69) is 55.4 Å². The zero-order chi connectivity index (χ0) is 17.2. The van der Waals surface area contributed by atoms with E-state index in [1.54, 1.807) is 7.11 Å². The van der Waals surface area contributed by atoms with E-state index in [0.717, 1.165) is 50.3 Å². The zero-order valence-corrected chi connectivity index (χ0v) is 15.1. The van der Waals surface area contributed by atoms with Crippen molar-refractivity contribution >= 4 is 0 Å². The molecule has 2 rings (SSSR count). The van der Waals surface area contributed by atoms with Crippen molar-refractivity contribution < 1.29 is 9.47 Å². The minimum Gasteiger partial charge on any atom is -0.493 e. The predicted octanol–water partition coefficient (Wildman–Crippen LogP) is 4.20. The topological polar surface area (TPSA) is 21.7 Å². The third-order valence-corrected chi connectivity index (χ3v) is 4.05. The number of hydrogen-bond acceptors (Lipinski definition) is 3. The van der Waals surface area contributed by atoms with Gasteiger partial charge in [0.2, 0.25) is 0 Å². The van der Waals surface area contributed by atoms with Crippen molar-refractivity contribution in [2.45, 2.75) is 25.7 Å². The maximum atomic E-state index is 6.09. The van der Waals surface area contributed by atoms with Crippen molar-refractivity contribution in [2.24, 2.45) is 0 Å². The minimum atomic E-state index is 0.729. The first-order valence-electron chi connectivity index (χ1n) is 8.68. The Kier molecular flexibility index (Phi) is 7.63. The normalized spacial score (nSPS) is 10.8. The molecule has 0 spiro atoms. The second-order valence-electron chi connectivity index (χ2n) is 6.29. The number of nitrogens with zero attached hydrogens (tertiary/aromatic N) is 1. The van der Waals surface area contributed by atoms with Gasteiger partial charge >= 0.3 is 0 Å². The molecule has 0 radical (unpaired) electrons. The molecule has 3 heteroatoms. The first-order chi connectivity index (χ1) is 11.7. The van der Waals surface area contributed by atoms with Crippen LogP contribution in [0.15, 0.2) is 48.5 Å². The third-order valence-electron chi connectivity index (χ3n) is 4.05. The molecule has 2 aromatic carbocycles. The number of para-hydroxylation sites is 1. The van der Waals surface area contributed by atoms with Crippen molar-refractivity contribution in [3.8, 4) is 11.5 Å². The Labute approximate surface area is 146 Å². The predicted molar refractivity (Wildman–Crippen MR) is 100 cm³/mol. The first kappa shape index (κ1) is 18.3. The summed E-state index contributed by atoms with van der Waals surface area (Å²) in [6.07, 6.45) is 4.15. The lowest BCUT2D eigenvalue weighted by Gasteiger charge is -2.16. The summed E-state index contributed by atoms with van der Waals surface area (Å²) >= 11 is 0. The van der Waals surface area contributed by atoms with E-state index < -0.39 is 0 Å². The second kappa shape index (κ2) is 9.99. The van der Waals surface area contributed by atoms with Crippen molar-refractivity contribution in [1.29, 1.82) is 0 Å². The van der Waals surface area contributed by atoms with Crippen LogP contribution in [0.3, 0.4) is 0 Å². The van der Waals surface area contributed by atoms with E-state index in [1.165, 1.54) is 11.1 Å². The minimum absolute atomic E-state index is 0.729. The fraction of sp³-hybridized carbons (Fsp3) is 0.429. The lowest BCUT2D eigenvalue weighted by atomic mass is 10.0. The van der Waals surface area contributed by atoms with E-state index in [9.17, 15) is 0 Å². The van der Waals surface area contributed by atoms with Gasteiger partial charge in [0.25, 0.3) is 0 Å². The van der Waals surface area contributed by atoms with Gasteiger partial charge in [-0.1, -0.05) is 42.5 Å². The van der Waals surface area contributed by atoms with Crippen LogP contribution in [0, 0.1) is 0 Å². The monoisotopic (exact) mass is 327 g/mol. The van der Waals surface area contributed by atoms with Crippen LogP contribution in [-0.4, -0.2) is 39.3 Å². The average molecular weight is 327 g/mol. The van der Waals surface area contributed by atoms with E-state index in [1.807, 2.05) is 12.1 Å². The molecule has 0 fully saturated rings. The van der Waals surface area contributed by atoms with Crippen molar-refractivity contribution in [1.82, 2.24) is 4.90 Å². The van der Waals surface area contributed by atoms with E-state index in [-0.39, 0.29) is 0 Å². The number of benzene rings is 2. The van der Waals surface area contributed by atoms with Crippen LogP contribution in [0.25, 0.3) is 0 Å². The molecule has 0 saturated carbocycles. The molecule has 2 aromatic rings. The largest absolute Gasteiger partial charge is 0.493 e. The summed E-state index contributed by atoms with van der Waals surface area (Å²) < 4.78 is 11.6. The van der Waals surface area contributed by atoms with Crippen molar-refractivity contribution in [3.63, 3.8) is 0 Å². The van der Waals surface area contributed by atoms with Gasteiger partial charge in [0.1, 0.15) is 0 Å². The molecule has 0 aromatic heterocycles. The van der Waals surface area contributed by atoms with Crippen LogP contribution in [-0.2, 0) is 12.8 Å². The number of hydrogen-bond donors (Lipinski definition) is 0. The van der Waals surface area contributed by atoms with Gasteiger partial charge in [-0.2, -0.15) is 0 Å². The Balaban J connectivity index is 1.96. The van der Waals surface area contributed by atoms with Crippen molar-refractivity contribution in [2.75, 3.05) is 34.4 Å². The average Bonchev–Trinajstić information content (AvgIpc) is 2.60. The highest BCUT2D eigenvalue weighted by Gasteiger charge is 2.10. The summed E-state index contributed by atoms with van der Waals surface area (Å²) in [4.78, 5) is 2.20. The van der Waals surface area contributed by atoms with Crippen LogP contribution in [0.2, 0.25) is 0 Å². The molecule has 0 atom stereocenters. The Hall–Kier alpha value is -2.00. The summed E-state index contributed by atoms with van der Waals surface area (Å²) in [5.74, 6) is 1.73. The standard InChI is InChI=1S/C21H29NO2/c1-22(2)16-7-8-17-24-21-19(12-9-13-20(21)23-3)15-14-18-10-5-4-6-11-18/h4-6,9-13H,7-8,14-17H2,1-3H3. The van der Waals surface area contributed by atoms with Gasteiger partial charge in [-0.3, -0.25) is 0 Å². The first-order valence-corrected chi connectivity index (χ1v) is 8.68. The highest BCUT2D eigenvalue weighted by Crippen LogP contribution is 2.32. The van der Waals surface area contributed by atoms with Crippen LogP contribution in [0.4, 0.5) is 0 Å². The number of methoxy groups -OCH3 is 1. The maximum absolute atomic E-state index is 6.09. The smallest absolute Gasteiger partial charge is 0.164 e. The molecule has 0 unspecified atom stereocenters. The molecular weight excluding hydrogens is 298 g/mol. The molecule has 0 aliphatic carbocycles. The lowest BCUT2D eigenvalue weighted by Crippen LogP contribution is -2.14. The highest BCUT2D eigenvalue weighted by molar-refractivity contribution is 5.47. The van der Waals surface area contributed by atoms with Gasteiger partial charge in [0.15, 0.2) is 11.5 Å². The molecule has 0 amide bonds. The van der Waals surface area contributed by atoms with Crippen LogP contribution >= 0.6 is 0 Å². The number of rotatable bonds is 10. The molecule has 0 aliphatic rings. The van der Waals surface area contributed by atoms with Gasteiger partial charge in [-0.15, -0.1) is 0 Å². The second-order valence-corrected chi connectivity index (χ2v) is 6.29.